The number of nitrogens with one attached hydrogen (secondary N) is 1. The third kappa shape index (κ3) is 6.53. The number of hydrogen-bond acceptors (Lipinski definition) is 4. The molecule has 30 heavy (non-hydrogen) atoms. The number of nitrogens with zero attached hydrogens (tertiary/aromatic N) is 1. The van der Waals surface area contributed by atoms with Gasteiger partial charge in [0.15, 0.2) is 11.5 Å². The van der Waals surface area contributed by atoms with Gasteiger partial charge in [0.25, 0.3) is 0 Å². The van der Waals surface area contributed by atoms with Gasteiger partial charge in [-0.25, -0.2) is 0 Å². The van der Waals surface area contributed by atoms with Gasteiger partial charge in [-0.2, -0.15) is 0 Å². The molecule has 0 aliphatic carbocycles. The molecule has 1 heterocycles. The van der Waals surface area contributed by atoms with Crippen molar-refractivity contribution >= 4 is 29.1 Å². The van der Waals surface area contributed by atoms with Crippen molar-refractivity contribution in [3.63, 3.8) is 0 Å². The molecule has 3 rings (SSSR count). The fraction of sp³-hybridized carbons (Fsp3) is 0.435. The van der Waals surface area contributed by atoms with Crippen molar-refractivity contribution in [1.82, 2.24) is 10.2 Å². The number of hydrogen-bond donors (Lipinski definition) is 1. The topological polar surface area (TPSA) is 50.8 Å². The molecule has 0 atom stereocenters. The monoisotopic (exact) mass is 450 g/mol. The van der Waals surface area contributed by atoms with Crippen LogP contribution in [0.2, 0.25) is 10.0 Å². The molecule has 1 N–H and O–H groups in total. The maximum atomic E-state index is 11.6. The SMILES string of the molecule is CCOc1cc(CNCCCN2CCCC2=O)ccc1OCc1ccc(Cl)cc1Cl. The summed E-state index contributed by atoms with van der Waals surface area (Å²) in [5, 5.41) is 4.62. The summed E-state index contributed by atoms with van der Waals surface area (Å²) in [6.07, 6.45) is 2.64. The molecule has 1 amide bonds. The molecule has 0 saturated carbocycles. The highest BCUT2D eigenvalue weighted by molar-refractivity contribution is 6.35. The normalized spacial score (nSPS) is 13.7. The van der Waals surface area contributed by atoms with E-state index in [9.17, 15) is 4.79 Å². The fourth-order valence-corrected chi connectivity index (χ4v) is 3.88. The van der Waals surface area contributed by atoms with Crippen LogP contribution in [0.3, 0.4) is 0 Å². The molecule has 1 saturated heterocycles. The predicted octanol–water partition coefficient (Wildman–Crippen LogP) is 5.07. The Bertz CT molecular complexity index is 860. The zero-order valence-electron chi connectivity index (χ0n) is 17.3. The highest BCUT2D eigenvalue weighted by Crippen LogP contribution is 2.30. The van der Waals surface area contributed by atoms with Gasteiger partial charge in [-0.15, -0.1) is 0 Å². The molecule has 2 aromatic carbocycles. The van der Waals surface area contributed by atoms with E-state index in [-0.39, 0.29) is 5.91 Å². The van der Waals surface area contributed by atoms with Crippen molar-refractivity contribution in [2.45, 2.75) is 39.3 Å². The number of carbonyl (C=O) groups is 1. The minimum absolute atomic E-state index is 0.284. The summed E-state index contributed by atoms with van der Waals surface area (Å²) in [6.45, 7) is 6.17. The lowest BCUT2D eigenvalue weighted by molar-refractivity contribution is -0.127. The van der Waals surface area contributed by atoms with Crippen LogP contribution >= 0.6 is 23.2 Å². The Morgan fingerprint density at radius 3 is 2.70 bits per heavy atom. The van der Waals surface area contributed by atoms with Gasteiger partial charge in [-0.3, -0.25) is 4.79 Å². The summed E-state index contributed by atoms with van der Waals surface area (Å²) >= 11 is 12.2. The van der Waals surface area contributed by atoms with Crippen LogP contribution in [-0.4, -0.2) is 37.0 Å². The van der Waals surface area contributed by atoms with Crippen LogP contribution < -0.4 is 14.8 Å². The van der Waals surface area contributed by atoms with E-state index in [1.807, 2.05) is 36.1 Å². The molecule has 0 aromatic heterocycles. The summed E-state index contributed by atoms with van der Waals surface area (Å²) < 4.78 is 11.7. The second-order valence-electron chi connectivity index (χ2n) is 7.25. The van der Waals surface area contributed by atoms with Crippen molar-refractivity contribution in [3.05, 3.63) is 57.6 Å². The molecule has 1 aliphatic heterocycles. The molecule has 1 aliphatic rings. The molecule has 5 nitrogen and oxygen atoms in total. The number of ether oxygens (including phenoxy) is 2. The molecule has 7 heteroatoms. The molecule has 1 fully saturated rings. The smallest absolute Gasteiger partial charge is 0.222 e. The fourth-order valence-electron chi connectivity index (χ4n) is 3.41. The first-order chi connectivity index (χ1) is 14.6. The van der Waals surface area contributed by atoms with Crippen LogP contribution in [-0.2, 0) is 17.9 Å². The van der Waals surface area contributed by atoms with Gasteiger partial charge in [0.2, 0.25) is 5.91 Å². The van der Waals surface area contributed by atoms with E-state index in [0.717, 1.165) is 50.1 Å². The Morgan fingerprint density at radius 1 is 1.10 bits per heavy atom. The lowest BCUT2D eigenvalue weighted by atomic mass is 10.2. The molecular weight excluding hydrogens is 423 g/mol. The summed E-state index contributed by atoms with van der Waals surface area (Å²) in [6, 6.07) is 11.3. The number of rotatable bonds is 11. The van der Waals surface area contributed by atoms with Crippen molar-refractivity contribution < 1.29 is 14.3 Å². The van der Waals surface area contributed by atoms with E-state index in [2.05, 4.69) is 5.32 Å². The third-order valence-electron chi connectivity index (χ3n) is 4.99. The zero-order valence-corrected chi connectivity index (χ0v) is 18.8. The van der Waals surface area contributed by atoms with Crippen molar-refractivity contribution in [2.24, 2.45) is 0 Å². The van der Waals surface area contributed by atoms with Crippen LogP contribution in [0, 0.1) is 0 Å². The summed E-state index contributed by atoms with van der Waals surface area (Å²) in [5.41, 5.74) is 1.98. The number of benzene rings is 2. The van der Waals surface area contributed by atoms with Gasteiger partial charge in [0.05, 0.1) is 6.61 Å². The maximum absolute atomic E-state index is 11.6. The quantitative estimate of drug-likeness (QED) is 0.485. The summed E-state index contributed by atoms with van der Waals surface area (Å²) in [5.74, 6) is 1.68. The van der Waals surface area contributed by atoms with Gasteiger partial charge in [-0.05, 0) is 56.1 Å². The van der Waals surface area contributed by atoms with Gasteiger partial charge < -0.3 is 19.7 Å². The Hall–Kier alpha value is -1.95. The van der Waals surface area contributed by atoms with E-state index >= 15 is 0 Å². The number of likely N-dealkylation sites (tertiary alicyclic amines) is 1. The van der Waals surface area contributed by atoms with Crippen molar-refractivity contribution in [2.75, 3.05) is 26.2 Å². The van der Waals surface area contributed by atoms with Crippen LogP contribution in [0.15, 0.2) is 36.4 Å². The summed E-state index contributed by atoms with van der Waals surface area (Å²) in [7, 11) is 0. The first kappa shape index (κ1) is 22.7. The Morgan fingerprint density at radius 2 is 1.97 bits per heavy atom. The lowest BCUT2D eigenvalue weighted by Crippen LogP contribution is -2.28. The third-order valence-corrected chi connectivity index (χ3v) is 5.58. The lowest BCUT2D eigenvalue weighted by Gasteiger charge is -2.16. The van der Waals surface area contributed by atoms with Crippen LogP contribution in [0.25, 0.3) is 0 Å². The van der Waals surface area contributed by atoms with Crippen LogP contribution in [0.1, 0.15) is 37.3 Å². The zero-order chi connectivity index (χ0) is 21.3. The molecule has 0 bridgehead atoms. The van der Waals surface area contributed by atoms with Crippen molar-refractivity contribution in [1.29, 1.82) is 0 Å². The first-order valence-electron chi connectivity index (χ1n) is 10.4. The minimum Gasteiger partial charge on any atom is -0.490 e. The van der Waals surface area contributed by atoms with Crippen LogP contribution in [0.4, 0.5) is 0 Å². The molecule has 0 unspecified atom stereocenters. The molecule has 2 aromatic rings. The van der Waals surface area contributed by atoms with E-state index in [1.54, 1.807) is 12.1 Å². The second kappa shape index (κ2) is 11.4. The van der Waals surface area contributed by atoms with Crippen LogP contribution in [0.5, 0.6) is 11.5 Å². The van der Waals surface area contributed by atoms with Gasteiger partial charge in [0, 0.05) is 41.7 Å². The number of amides is 1. The largest absolute Gasteiger partial charge is 0.490 e. The number of halogens is 2. The average Bonchev–Trinajstić information content (AvgIpc) is 3.13. The van der Waals surface area contributed by atoms with Gasteiger partial charge in [-0.1, -0.05) is 35.3 Å². The number of carbonyl (C=O) groups excluding carboxylic acids is 1. The Balaban J connectivity index is 1.50. The first-order valence-corrected chi connectivity index (χ1v) is 11.1. The van der Waals surface area contributed by atoms with E-state index < -0.39 is 0 Å². The molecule has 0 radical (unpaired) electrons. The predicted molar refractivity (Wildman–Crippen MR) is 121 cm³/mol. The van der Waals surface area contributed by atoms with Crippen molar-refractivity contribution in [3.8, 4) is 11.5 Å². The molecule has 162 valence electrons. The summed E-state index contributed by atoms with van der Waals surface area (Å²) in [4.78, 5) is 13.6. The highest BCUT2D eigenvalue weighted by atomic mass is 35.5. The molecule has 0 spiro atoms. The standard InChI is InChI=1S/C23H28Cl2N2O3/c1-2-29-22-13-17(15-26-10-4-12-27-11-3-5-23(27)28)6-9-21(22)30-16-18-7-8-19(24)14-20(18)25/h6-9,13-14,26H,2-5,10-12,15-16H2,1H3. The minimum atomic E-state index is 0.284. The van der Waals surface area contributed by atoms with E-state index in [0.29, 0.717) is 41.2 Å². The van der Waals surface area contributed by atoms with E-state index in [1.165, 1.54) is 0 Å². The highest BCUT2D eigenvalue weighted by Gasteiger charge is 2.18. The average molecular weight is 451 g/mol. The second-order valence-corrected chi connectivity index (χ2v) is 8.10. The van der Waals surface area contributed by atoms with E-state index in [4.69, 9.17) is 32.7 Å². The Labute approximate surface area is 188 Å². The molecular formula is C23H28Cl2N2O3. The maximum Gasteiger partial charge on any atom is 0.222 e. The van der Waals surface area contributed by atoms with Gasteiger partial charge in [0.1, 0.15) is 6.61 Å². The Kier molecular flexibility index (Phi) is 8.67. The van der Waals surface area contributed by atoms with Gasteiger partial charge >= 0.3 is 0 Å².